The molecule has 0 spiro atoms. The Morgan fingerprint density at radius 3 is 2.57 bits per heavy atom. The van der Waals surface area contributed by atoms with Gasteiger partial charge in [-0.05, 0) is 18.2 Å². The Morgan fingerprint density at radius 1 is 1.43 bits per heavy atom. The van der Waals surface area contributed by atoms with Gasteiger partial charge in [-0.1, -0.05) is 23.2 Å². The van der Waals surface area contributed by atoms with Crippen molar-refractivity contribution in [2.45, 2.75) is 0 Å². The van der Waals surface area contributed by atoms with Crippen LogP contribution in [0.4, 0.5) is 0 Å². The van der Waals surface area contributed by atoms with Crippen LogP contribution in [-0.2, 0) is 9.09 Å². The molecule has 0 radical (unpaired) electrons. The van der Waals surface area contributed by atoms with Gasteiger partial charge in [0.1, 0.15) is 5.75 Å². The fourth-order valence-corrected chi connectivity index (χ4v) is 1.69. The molecule has 0 heterocycles. The monoisotopic (exact) mass is 256 g/mol. The SMILES string of the molecule is COP(=O)(O)Oc1ccc(Cl)cc1Cl. The first-order chi connectivity index (χ1) is 6.44. The summed E-state index contributed by atoms with van der Waals surface area (Å²) in [6, 6.07) is 4.26. The van der Waals surface area contributed by atoms with Crippen molar-refractivity contribution in [2.24, 2.45) is 0 Å². The van der Waals surface area contributed by atoms with Crippen LogP contribution in [-0.4, -0.2) is 12.0 Å². The standard InChI is InChI=1S/C7H7Cl2O4P/c1-12-14(10,11)13-7-3-2-5(8)4-6(7)9/h2-4H,1H3,(H,10,11). The van der Waals surface area contributed by atoms with E-state index in [2.05, 4.69) is 9.05 Å². The minimum Gasteiger partial charge on any atom is -0.403 e. The first kappa shape index (κ1) is 11.8. The van der Waals surface area contributed by atoms with Crippen molar-refractivity contribution < 1.29 is 18.5 Å². The van der Waals surface area contributed by atoms with Gasteiger partial charge in [-0.15, -0.1) is 0 Å². The fourth-order valence-electron chi connectivity index (χ4n) is 0.711. The Morgan fingerprint density at radius 2 is 2.07 bits per heavy atom. The zero-order chi connectivity index (χ0) is 10.8. The lowest BCUT2D eigenvalue weighted by Gasteiger charge is -2.11. The van der Waals surface area contributed by atoms with E-state index in [0.717, 1.165) is 7.11 Å². The summed E-state index contributed by atoms with van der Waals surface area (Å²) in [6.07, 6.45) is 0. The maximum atomic E-state index is 11.0. The van der Waals surface area contributed by atoms with Gasteiger partial charge < -0.3 is 4.52 Å². The highest BCUT2D eigenvalue weighted by molar-refractivity contribution is 7.47. The zero-order valence-corrected chi connectivity index (χ0v) is 9.51. The Bertz CT molecular complexity index is 382. The number of hydrogen-bond acceptors (Lipinski definition) is 3. The van der Waals surface area contributed by atoms with Crippen LogP contribution in [0.1, 0.15) is 0 Å². The molecule has 4 nitrogen and oxygen atoms in total. The predicted molar refractivity (Wildman–Crippen MR) is 53.9 cm³/mol. The van der Waals surface area contributed by atoms with Crippen molar-refractivity contribution in [3.05, 3.63) is 28.2 Å². The first-order valence-electron chi connectivity index (χ1n) is 3.48. The smallest absolute Gasteiger partial charge is 0.403 e. The fraction of sp³-hybridized carbons (Fsp3) is 0.143. The third kappa shape index (κ3) is 3.15. The van der Waals surface area contributed by atoms with E-state index in [1.807, 2.05) is 0 Å². The molecule has 14 heavy (non-hydrogen) atoms. The molecular weight excluding hydrogens is 250 g/mol. The van der Waals surface area contributed by atoms with Crippen molar-refractivity contribution in [3.63, 3.8) is 0 Å². The van der Waals surface area contributed by atoms with E-state index in [0.29, 0.717) is 5.02 Å². The van der Waals surface area contributed by atoms with Gasteiger partial charge in [-0.2, -0.15) is 0 Å². The zero-order valence-electron chi connectivity index (χ0n) is 7.11. The quantitative estimate of drug-likeness (QED) is 0.845. The number of rotatable bonds is 3. The molecule has 0 saturated heterocycles. The average molecular weight is 257 g/mol. The van der Waals surface area contributed by atoms with Gasteiger partial charge in [-0.25, -0.2) is 4.57 Å². The topological polar surface area (TPSA) is 55.8 Å². The molecule has 1 aromatic rings. The van der Waals surface area contributed by atoms with Gasteiger partial charge in [0.25, 0.3) is 0 Å². The maximum absolute atomic E-state index is 11.0. The van der Waals surface area contributed by atoms with Crippen molar-refractivity contribution in [1.82, 2.24) is 0 Å². The second-order valence-electron chi connectivity index (χ2n) is 2.32. The molecule has 0 aliphatic carbocycles. The van der Waals surface area contributed by atoms with Crippen molar-refractivity contribution in [3.8, 4) is 5.75 Å². The highest BCUT2D eigenvalue weighted by Gasteiger charge is 2.21. The minimum atomic E-state index is -4.06. The normalized spacial score (nSPS) is 14.9. The summed E-state index contributed by atoms with van der Waals surface area (Å²) in [5.74, 6) is 0.0451. The molecular formula is C7H7Cl2O4P. The third-order valence-corrected chi connectivity index (χ3v) is 2.76. The Kier molecular flexibility index (Phi) is 3.81. The van der Waals surface area contributed by atoms with Crippen LogP contribution in [0.3, 0.4) is 0 Å². The molecule has 7 heteroatoms. The van der Waals surface area contributed by atoms with Crippen LogP contribution in [0.25, 0.3) is 0 Å². The molecule has 1 atom stereocenters. The molecule has 0 aliphatic heterocycles. The van der Waals surface area contributed by atoms with E-state index in [4.69, 9.17) is 28.1 Å². The Labute approximate surface area is 91.0 Å². The molecule has 0 bridgehead atoms. The predicted octanol–water partition coefficient (Wildman–Crippen LogP) is 3.12. The van der Waals surface area contributed by atoms with Crippen LogP contribution in [0.15, 0.2) is 18.2 Å². The number of hydrogen-bond donors (Lipinski definition) is 1. The summed E-state index contributed by atoms with van der Waals surface area (Å²) in [4.78, 5) is 8.99. The van der Waals surface area contributed by atoms with Crippen molar-refractivity contribution in [1.29, 1.82) is 0 Å². The van der Waals surface area contributed by atoms with Gasteiger partial charge >= 0.3 is 7.82 Å². The van der Waals surface area contributed by atoms with Crippen molar-refractivity contribution >= 4 is 31.0 Å². The van der Waals surface area contributed by atoms with E-state index in [9.17, 15) is 4.57 Å². The molecule has 0 aromatic heterocycles. The second-order valence-corrected chi connectivity index (χ2v) is 4.65. The largest absolute Gasteiger partial charge is 0.527 e. The molecule has 0 fully saturated rings. The van der Waals surface area contributed by atoms with E-state index < -0.39 is 7.82 Å². The number of halogens is 2. The molecule has 0 amide bonds. The van der Waals surface area contributed by atoms with Crippen molar-refractivity contribution in [2.75, 3.05) is 7.11 Å². The second kappa shape index (κ2) is 4.51. The highest BCUT2D eigenvalue weighted by Crippen LogP contribution is 2.45. The molecule has 1 aromatic carbocycles. The minimum absolute atomic E-state index is 0.0451. The molecule has 1 unspecified atom stereocenters. The van der Waals surface area contributed by atoms with Crippen LogP contribution in [0.5, 0.6) is 5.75 Å². The Balaban J connectivity index is 2.93. The first-order valence-corrected chi connectivity index (χ1v) is 5.73. The van der Waals surface area contributed by atoms with Gasteiger partial charge in [0.05, 0.1) is 5.02 Å². The molecule has 78 valence electrons. The van der Waals surface area contributed by atoms with Crippen LogP contribution >= 0.6 is 31.0 Å². The lowest BCUT2D eigenvalue weighted by molar-refractivity contribution is 0.243. The third-order valence-electron chi connectivity index (χ3n) is 1.34. The highest BCUT2D eigenvalue weighted by atomic mass is 35.5. The summed E-state index contributed by atoms with van der Waals surface area (Å²) in [6.45, 7) is 0. The van der Waals surface area contributed by atoms with Gasteiger partial charge in [-0.3, -0.25) is 9.42 Å². The van der Waals surface area contributed by atoms with Gasteiger partial charge in [0, 0.05) is 12.1 Å². The molecule has 0 aliphatic rings. The summed E-state index contributed by atoms with van der Waals surface area (Å²) < 4.78 is 19.9. The van der Waals surface area contributed by atoms with Gasteiger partial charge in [0.15, 0.2) is 0 Å². The molecule has 1 rings (SSSR count). The van der Waals surface area contributed by atoms with Crippen LogP contribution in [0.2, 0.25) is 10.0 Å². The van der Waals surface area contributed by atoms with Crippen LogP contribution in [0, 0.1) is 0 Å². The van der Waals surface area contributed by atoms with E-state index in [-0.39, 0.29) is 10.8 Å². The van der Waals surface area contributed by atoms with E-state index in [1.54, 1.807) is 0 Å². The summed E-state index contributed by atoms with van der Waals surface area (Å²) in [5, 5.41) is 0.552. The summed E-state index contributed by atoms with van der Waals surface area (Å²) >= 11 is 11.3. The average Bonchev–Trinajstić information content (AvgIpc) is 2.10. The maximum Gasteiger partial charge on any atom is 0.527 e. The summed E-state index contributed by atoms with van der Waals surface area (Å²) in [7, 11) is -3.00. The summed E-state index contributed by atoms with van der Waals surface area (Å²) in [5.41, 5.74) is 0. The lowest BCUT2D eigenvalue weighted by Crippen LogP contribution is -1.94. The lowest BCUT2D eigenvalue weighted by atomic mass is 10.3. The molecule has 0 saturated carbocycles. The van der Waals surface area contributed by atoms with Gasteiger partial charge in [0.2, 0.25) is 0 Å². The number of phosphoric ester groups is 1. The Hall–Kier alpha value is -0.250. The molecule has 1 N–H and O–H groups in total. The number of phosphoric acid groups is 1. The number of benzene rings is 1. The van der Waals surface area contributed by atoms with E-state index in [1.165, 1.54) is 18.2 Å². The van der Waals surface area contributed by atoms with E-state index >= 15 is 0 Å². The van der Waals surface area contributed by atoms with Crippen LogP contribution < -0.4 is 4.52 Å².